The normalized spacial score (nSPS) is 11.0. The van der Waals surface area contributed by atoms with Crippen molar-refractivity contribution in [3.63, 3.8) is 0 Å². The van der Waals surface area contributed by atoms with Gasteiger partial charge in [-0.05, 0) is 19.5 Å². The molecule has 0 unspecified atom stereocenters. The van der Waals surface area contributed by atoms with Crippen molar-refractivity contribution in [1.82, 2.24) is 19.9 Å². The Bertz CT molecular complexity index is 755. The van der Waals surface area contributed by atoms with Crippen molar-refractivity contribution in [2.24, 2.45) is 0 Å². The number of hydrogen-bond donors (Lipinski definition) is 1. The van der Waals surface area contributed by atoms with E-state index in [2.05, 4.69) is 49.7 Å². The van der Waals surface area contributed by atoms with Gasteiger partial charge in [-0.3, -0.25) is 4.90 Å². The topological polar surface area (TPSA) is 53.9 Å². The summed E-state index contributed by atoms with van der Waals surface area (Å²) in [6, 6.07) is 10.2. The third-order valence-electron chi connectivity index (χ3n) is 3.55. The molecule has 0 aliphatic rings. The first-order valence-electron chi connectivity index (χ1n) is 7.87. The van der Waals surface area contributed by atoms with E-state index in [4.69, 9.17) is 0 Å². The predicted molar refractivity (Wildman–Crippen MR) is 97.8 cm³/mol. The van der Waals surface area contributed by atoms with Crippen molar-refractivity contribution in [1.29, 1.82) is 0 Å². The molecule has 3 aromatic rings. The maximum absolute atomic E-state index is 4.50. The number of nitrogens with zero attached hydrogens (tertiary/aromatic N) is 4. The van der Waals surface area contributed by atoms with Gasteiger partial charge in [-0.1, -0.05) is 30.3 Å². The van der Waals surface area contributed by atoms with Crippen LogP contribution in [0.2, 0.25) is 0 Å². The Balaban J connectivity index is 1.50. The van der Waals surface area contributed by atoms with Gasteiger partial charge >= 0.3 is 0 Å². The van der Waals surface area contributed by atoms with E-state index >= 15 is 0 Å². The molecule has 5 nitrogen and oxygen atoms in total. The van der Waals surface area contributed by atoms with Gasteiger partial charge in [0.2, 0.25) is 5.95 Å². The molecule has 0 saturated carbocycles. The maximum Gasteiger partial charge on any atom is 0.222 e. The molecule has 2 aromatic heterocycles. The smallest absolute Gasteiger partial charge is 0.222 e. The first-order chi connectivity index (χ1) is 11.7. The van der Waals surface area contributed by atoms with E-state index in [-0.39, 0.29) is 0 Å². The highest BCUT2D eigenvalue weighted by Crippen LogP contribution is 2.12. The van der Waals surface area contributed by atoms with Crippen LogP contribution in [0, 0.1) is 6.92 Å². The molecule has 1 aromatic carbocycles. The molecule has 0 atom stereocenters. The fourth-order valence-corrected chi connectivity index (χ4v) is 3.03. The summed E-state index contributed by atoms with van der Waals surface area (Å²) in [6.07, 6.45) is 3.76. The molecule has 6 heteroatoms. The van der Waals surface area contributed by atoms with Crippen LogP contribution in [0.5, 0.6) is 0 Å². The van der Waals surface area contributed by atoms with Crippen molar-refractivity contribution < 1.29 is 0 Å². The second-order valence-corrected chi connectivity index (χ2v) is 6.85. The minimum atomic E-state index is 0.653. The van der Waals surface area contributed by atoms with Crippen molar-refractivity contribution >= 4 is 17.3 Å². The van der Waals surface area contributed by atoms with Crippen LogP contribution in [-0.4, -0.2) is 26.9 Å². The lowest BCUT2D eigenvalue weighted by Crippen LogP contribution is -2.18. The Morgan fingerprint density at radius 1 is 1.04 bits per heavy atom. The van der Waals surface area contributed by atoms with Gasteiger partial charge in [0.05, 0.1) is 10.7 Å². The first-order valence-corrected chi connectivity index (χ1v) is 8.75. The van der Waals surface area contributed by atoms with Gasteiger partial charge in [-0.2, -0.15) is 0 Å². The highest BCUT2D eigenvalue weighted by Gasteiger charge is 2.06. The number of benzene rings is 1. The molecule has 2 heterocycles. The molecular weight excluding hydrogens is 318 g/mol. The van der Waals surface area contributed by atoms with E-state index in [9.17, 15) is 0 Å². The summed E-state index contributed by atoms with van der Waals surface area (Å²) >= 11 is 1.69. The van der Waals surface area contributed by atoms with Crippen LogP contribution in [-0.2, 0) is 19.6 Å². The highest BCUT2D eigenvalue weighted by molar-refractivity contribution is 7.09. The minimum absolute atomic E-state index is 0.653. The van der Waals surface area contributed by atoms with Crippen LogP contribution in [0.4, 0.5) is 5.95 Å². The number of aryl methyl sites for hydroxylation is 1. The molecule has 0 bridgehead atoms. The number of thiazole rings is 1. The average molecular weight is 339 g/mol. The van der Waals surface area contributed by atoms with Crippen LogP contribution >= 0.6 is 11.3 Å². The lowest BCUT2D eigenvalue weighted by Gasteiger charge is -2.15. The molecule has 3 rings (SSSR count). The van der Waals surface area contributed by atoms with Crippen molar-refractivity contribution in [2.75, 3.05) is 12.4 Å². The van der Waals surface area contributed by atoms with Crippen LogP contribution in [0.1, 0.15) is 21.8 Å². The summed E-state index contributed by atoms with van der Waals surface area (Å²) in [5.74, 6) is 0.653. The van der Waals surface area contributed by atoms with Gasteiger partial charge in [0.1, 0.15) is 0 Å². The fourth-order valence-electron chi connectivity index (χ4n) is 2.43. The second-order valence-electron chi connectivity index (χ2n) is 5.78. The highest BCUT2D eigenvalue weighted by atomic mass is 32.1. The minimum Gasteiger partial charge on any atom is -0.350 e. The van der Waals surface area contributed by atoms with Gasteiger partial charge in [0.25, 0.3) is 0 Å². The molecule has 0 fully saturated rings. The number of hydrogen-bond acceptors (Lipinski definition) is 6. The number of nitrogens with one attached hydrogen (secondary N) is 1. The standard InChI is InChI=1S/C18H21N5S/c1-14-22-17(13-24-14)12-23(2)11-16-9-20-18(21-10-16)19-8-15-6-4-3-5-7-15/h3-7,9-10,13H,8,11-12H2,1-2H3,(H,19,20,21). The molecule has 24 heavy (non-hydrogen) atoms. The van der Waals surface area contributed by atoms with Gasteiger partial charge in [0.15, 0.2) is 0 Å². The van der Waals surface area contributed by atoms with E-state index < -0.39 is 0 Å². The summed E-state index contributed by atoms with van der Waals surface area (Å²) in [7, 11) is 2.08. The quantitative estimate of drug-likeness (QED) is 0.714. The van der Waals surface area contributed by atoms with E-state index in [0.29, 0.717) is 5.95 Å². The third kappa shape index (κ3) is 4.84. The summed E-state index contributed by atoms with van der Waals surface area (Å²) in [6.45, 7) is 4.39. The van der Waals surface area contributed by atoms with Crippen molar-refractivity contribution in [3.8, 4) is 0 Å². The predicted octanol–water partition coefficient (Wildman–Crippen LogP) is 3.49. The zero-order valence-corrected chi connectivity index (χ0v) is 14.8. The zero-order valence-electron chi connectivity index (χ0n) is 13.9. The molecule has 0 aliphatic carbocycles. The average Bonchev–Trinajstić information content (AvgIpc) is 3.00. The Kier molecular flexibility index (Phi) is 5.51. The lowest BCUT2D eigenvalue weighted by atomic mass is 10.2. The summed E-state index contributed by atoms with van der Waals surface area (Å²) in [5.41, 5.74) is 3.42. The van der Waals surface area contributed by atoms with Crippen LogP contribution < -0.4 is 5.32 Å². The number of aromatic nitrogens is 3. The molecule has 0 amide bonds. The number of rotatable bonds is 7. The first kappa shape index (κ1) is 16.5. The summed E-state index contributed by atoms with van der Waals surface area (Å²) in [5, 5.41) is 6.46. The zero-order chi connectivity index (χ0) is 16.8. The van der Waals surface area contributed by atoms with Crippen molar-refractivity contribution in [2.45, 2.75) is 26.6 Å². The Morgan fingerprint density at radius 2 is 1.79 bits per heavy atom. The van der Waals surface area contributed by atoms with Gasteiger partial charge in [-0.25, -0.2) is 15.0 Å². The third-order valence-corrected chi connectivity index (χ3v) is 4.37. The Labute approximate surface area is 146 Å². The molecule has 0 spiro atoms. The molecular formula is C18H21N5S. The maximum atomic E-state index is 4.50. The molecule has 0 radical (unpaired) electrons. The van der Waals surface area contributed by atoms with Crippen LogP contribution in [0.3, 0.4) is 0 Å². The van der Waals surface area contributed by atoms with E-state index in [0.717, 1.165) is 35.9 Å². The SMILES string of the molecule is Cc1nc(CN(C)Cc2cnc(NCc3ccccc3)nc2)cs1. The monoisotopic (exact) mass is 339 g/mol. The van der Waals surface area contributed by atoms with Crippen molar-refractivity contribution in [3.05, 3.63) is 69.9 Å². The van der Waals surface area contributed by atoms with Crippen LogP contribution in [0.15, 0.2) is 48.1 Å². The Morgan fingerprint density at radius 3 is 2.46 bits per heavy atom. The summed E-state index contributed by atoms with van der Waals surface area (Å²) in [4.78, 5) is 15.5. The second kappa shape index (κ2) is 7.99. The molecule has 124 valence electrons. The van der Waals surface area contributed by atoms with E-state index in [1.165, 1.54) is 5.56 Å². The van der Waals surface area contributed by atoms with Gasteiger partial charge in [0, 0.05) is 43.0 Å². The number of anilines is 1. The van der Waals surface area contributed by atoms with Crippen LogP contribution in [0.25, 0.3) is 0 Å². The molecule has 1 N–H and O–H groups in total. The van der Waals surface area contributed by atoms with Gasteiger partial charge in [-0.15, -0.1) is 11.3 Å². The molecule has 0 saturated heterocycles. The largest absolute Gasteiger partial charge is 0.350 e. The Hall–Kier alpha value is -2.31. The van der Waals surface area contributed by atoms with E-state index in [1.54, 1.807) is 11.3 Å². The van der Waals surface area contributed by atoms with E-state index in [1.807, 2.05) is 37.5 Å². The van der Waals surface area contributed by atoms with Gasteiger partial charge < -0.3 is 5.32 Å². The lowest BCUT2D eigenvalue weighted by molar-refractivity contribution is 0.315. The summed E-state index contributed by atoms with van der Waals surface area (Å²) < 4.78 is 0. The fraction of sp³-hybridized carbons (Fsp3) is 0.278. The molecule has 0 aliphatic heterocycles.